The fourth-order valence-corrected chi connectivity index (χ4v) is 2.06. The van der Waals surface area contributed by atoms with Crippen LogP contribution in [0.15, 0.2) is 18.2 Å². The van der Waals surface area contributed by atoms with Gasteiger partial charge >= 0.3 is 0 Å². The molecule has 1 fully saturated rings. The third-order valence-electron chi connectivity index (χ3n) is 3.19. The number of nitrogens with two attached hydrogens (primary N) is 1. The van der Waals surface area contributed by atoms with Crippen molar-refractivity contribution in [2.24, 2.45) is 5.73 Å². The molecule has 19 heavy (non-hydrogen) atoms. The van der Waals surface area contributed by atoms with Crippen LogP contribution in [0.1, 0.15) is 17.3 Å². The van der Waals surface area contributed by atoms with Crippen LogP contribution in [0.2, 0.25) is 0 Å². The number of nitrogens with zero attached hydrogens (tertiary/aromatic N) is 1. The van der Waals surface area contributed by atoms with Gasteiger partial charge in [0.15, 0.2) is 0 Å². The van der Waals surface area contributed by atoms with E-state index in [1.54, 1.807) is 6.92 Å². The summed E-state index contributed by atoms with van der Waals surface area (Å²) in [5, 5.41) is 0. The molecule has 2 atom stereocenters. The monoisotopic (exact) mass is 270 g/mol. The smallest absolute Gasteiger partial charge is 0.257 e. The average molecular weight is 270 g/mol. The molecular formula is C13H16F2N2O2. The Kier molecular flexibility index (Phi) is 4.11. The summed E-state index contributed by atoms with van der Waals surface area (Å²) in [5.41, 5.74) is 5.25. The van der Waals surface area contributed by atoms with Crippen molar-refractivity contribution in [2.45, 2.75) is 19.1 Å². The molecule has 0 aliphatic carbocycles. The fourth-order valence-electron chi connectivity index (χ4n) is 2.06. The van der Waals surface area contributed by atoms with E-state index in [4.69, 9.17) is 10.5 Å². The summed E-state index contributed by atoms with van der Waals surface area (Å²) in [6, 6.07) is 2.65. The molecule has 2 unspecified atom stereocenters. The van der Waals surface area contributed by atoms with E-state index in [2.05, 4.69) is 0 Å². The number of morpholine rings is 1. The van der Waals surface area contributed by atoms with Crippen molar-refractivity contribution in [3.05, 3.63) is 35.4 Å². The standard InChI is InChI=1S/C13H16F2N2O2/c1-8-7-19-10(5-16)6-17(8)13(18)11-4-9(14)2-3-12(11)15/h2-4,8,10H,5-7,16H2,1H3. The minimum atomic E-state index is -0.727. The molecule has 104 valence electrons. The van der Waals surface area contributed by atoms with Crippen LogP contribution in [0.3, 0.4) is 0 Å². The van der Waals surface area contributed by atoms with Crippen LogP contribution in [0, 0.1) is 11.6 Å². The molecule has 1 amide bonds. The van der Waals surface area contributed by atoms with Crippen molar-refractivity contribution in [3.63, 3.8) is 0 Å². The first-order chi connectivity index (χ1) is 9.02. The topological polar surface area (TPSA) is 55.6 Å². The maximum atomic E-state index is 13.6. The zero-order chi connectivity index (χ0) is 14.0. The first-order valence-corrected chi connectivity index (χ1v) is 6.10. The molecule has 1 aliphatic heterocycles. The van der Waals surface area contributed by atoms with Gasteiger partial charge < -0.3 is 15.4 Å². The molecule has 1 heterocycles. The van der Waals surface area contributed by atoms with E-state index in [9.17, 15) is 13.6 Å². The van der Waals surface area contributed by atoms with Crippen LogP contribution in [0.25, 0.3) is 0 Å². The Hall–Kier alpha value is -1.53. The number of halogens is 2. The quantitative estimate of drug-likeness (QED) is 0.877. The SMILES string of the molecule is CC1COC(CN)CN1C(=O)c1cc(F)ccc1F. The van der Waals surface area contributed by atoms with E-state index in [1.165, 1.54) is 4.90 Å². The van der Waals surface area contributed by atoms with Gasteiger partial charge in [-0.15, -0.1) is 0 Å². The summed E-state index contributed by atoms with van der Waals surface area (Å²) >= 11 is 0. The van der Waals surface area contributed by atoms with E-state index in [1.807, 2.05) is 0 Å². The Labute approximate surface area is 110 Å². The van der Waals surface area contributed by atoms with Crippen molar-refractivity contribution >= 4 is 5.91 Å². The van der Waals surface area contributed by atoms with Gasteiger partial charge in [0.05, 0.1) is 24.3 Å². The lowest BCUT2D eigenvalue weighted by Gasteiger charge is -2.37. The van der Waals surface area contributed by atoms with Gasteiger partial charge in [-0.05, 0) is 25.1 Å². The Balaban J connectivity index is 2.24. The largest absolute Gasteiger partial charge is 0.373 e. The Morgan fingerprint density at radius 3 is 2.95 bits per heavy atom. The molecule has 1 aromatic rings. The van der Waals surface area contributed by atoms with Gasteiger partial charge in [-0.3, -0.25) is 4.79 Å². The second kappa shape index (κ2) is 5.63. The molecule has 0 radical (unpaired) electrons. The highest BCUT2D eigenvalue weighted by molar-refractivity contribution is 5.94. The van der Waals surface area contributed by atoms with Gasteiger partial charge in [-0.2, -0.15) is 0 Å². The van der Waals surface area contributed by atoms with Crippen LogP contribution < -0.4 is 5.73 Å². The number of carbonyl (C=O) groups is 1. The van der Waals surface area contributed by atoms with Crippen molar-refractivity contribution in [3.8, 4) is 0 Å². The molecule has 0 aromatic heterocycles. The minimum Gasteiger partial charge on any atom is -0.373 e. The van der Waals surface area contributed by atoms with Crippen molar-refractivity contribution in [1.29, 1.82) is 0 Å². The highest BCUT2D eigenvalue weighted by Gasteiger charge is 2.30. The van der Waals surface area contributed by atoms with Crippen LogP contribution in [0.5, 0.6) is 0 Å². The molecule has 2 N–H and O–H groups in total. The third kappa shape index (κ3) is 2.90. The molecule has 4 nitrogen and oxygen atoms in total. The first kappa shape index (κ1) is 13.9. The molecule has 0 spiro atoms. The highest BCUT2D eigenvalue weighted by atomic mass is 19.1. The van der Waals surface area contributed by atoms with Gasteiger partial charge in [-0.25, -0.2) is 8.78 Å². The van der Waals surface area contributed by atoms with Gasteiger partial charge in [0.2, 0.25) is 0 Å². The van der Waals surface area contributed by atoms with Crippen LogP contribution in [-0.4, -0.2) is 42.6 Å². The summed E-state index contributed by atoms with van der Waals surface area (Å²) in [6.45, 7) is 2.70. The summed E-state index contributed by atoms with van der Waals surface area (Å²) in [7, 11) is 0. The lowest BCUT2D eigenvalue weighted by Crippen LogP contribution is -2.53. The lowest BCUT2D eigenvalue weighted by molar-refractivity contribution is -0.0427. The van der Waals surface area contributed by atoms with E-state index >= 15 is 0 Å². The maximum Gasteiger partial charge on any atom is 0.257 e. The Bertz CT molecular complexity index is 482. The average Bonchev–Trinajstić information content (AvgIpc) is 2.41. The number of amides is 1. The van der Waals surface area contributed by atoms with E-state index in [0.29, 0.717) is 6.61 Å². The maximum absolute atomic E-state index is 13.6. The molecule has 1 saturated heterocycles. The zero-order valence-electron chi connectivity index (χ0n) is 10.6. The predicted molar refractivity (Wildman–Crippen MR) is 65.7 cm³/mol. The van der Waals surface area contributed by atoms with Crippen LogP contribution in [0.4, 0.5) is 8.78 Å². The number of ether oxygens (including phenoxy) is 1. The molecular weight excluding hydrogens is 254 g/mol. The van der Waals surface area contributed by atoms with E-state index < -0.39 is 17.5 Å². The lowest BCUT2D eigenvalue weighted by atomic mass is 10.1. The molecule has 2 rings (SSSR count). The summed E-state index contributed by atoms with van der Waals surface area (Å²) < 4.78 is 32.2. The number of rotatable bonds is 2. The van der Waals surface area contributed by atoms with Gasteiger partial charge in [0.1, 0.15) is 11.6 Å². The number of benzene rings is 1. The van der Waals surface area contributed by atoms with E-state index in [0.717, 1.165) is 18.2 Å². The predicted octanol–water partition coefficient (Wildman–Crippen LogP) is 1.15. The molecule has 0 saturated carbocycles. The van der Waals surface area contributed by atoms with Gasteiger partial charge in [-0.1, -0.05) is 0 Å². The number of hydrogen-bond acceptors (Lipinski definition) is 3. The zero-order valence-corrected chi connectivity index (χ0v) is 10.6. The minimum absolute atomic E-state index is 0.196. The Morgan fingerprint density at radius 2 is 2.26 bits per heavy atom. The number of carbonyl (C=O) groups excluding carboxylic acids is 1. The van der Waals surface area contributed by atoms with Crippen LogP contribution in [-0.2, 0) is 4.74 Å². The van der Waals surface area contributed by atoms with Crippen molar-refractivity contribution in [1.82, 2.24) is 4.90 Å². The van der Waals surface area contributed by atoms with Crippen molar-refractivity contribution < 1.29 is 18.3 Å². The van der Waals surface area contributed by atoms with Gasteiger partial charge in [0.25, 0.3) is 5.91 Å². The fraction of sp³-hybridized carbons (Fsp3) is 0.462. The highest BCUT2D eigenvalue weighted by Crippen LogP contribution is 2.18. The number of hydrogen-bond donors (Lipinski definition) is 1. The summed E-state index contributed by atoms with van der Waals surface area (Å²) in [5.74, 6) is -1.90. The summed E-state index contributed by atoms with van der Waals surface area (Å²) in [6.07, 6.45) is -0.267. The van der Waals surface area contributed by atoms with Gasteiger partial charge in [0, 0.05) is 13.1 Å². The molecule has 6 heteroatoms. The second-order valence-corrected chi connectivity index (χ2v) is 4.62. The summed E-state index contributed by atoms with van der Waals surface area (Å²) in [4.78, 5) is 13.7. The third-order valence-corrected chi connectivity index (χ3v) is 3.19. The Morgan fingerprint density at radius 1 is 1.53 bits per heavy atom. The molecule has 1 aliphatic rings. The first-order valence-electron chi connectivity index (χ1n) is 6.10. The molecule has 0 bridgehead atoms. The van der Waals surface area contributed by atoms with Crippen molar-refractivity contribution in [2.75, 3.05) is 19.7 Å². The normalized spacial score (nSPS) is 23.5. The second-order valence-electron chi connectivity index (χ2n) is 4.62. The van der Waals surface area contributed by atoms with E-state index in [-0.39, 0.29) is 30.8 Å². The molecule has 1 aromatic carbocycles. The van der Waals surface area contributed by atoms with Crippen LogP contribution >= 0.6 is 0 Å².